The molecule has 1 rings (SSSR count). The van der Waals surface area contributed by atoms with Crippen molar-refractivity contribution in [2.75, 3.05) is 5.32 Å². The van der Waals surface area contributed by atoms with E-state index in [4.69, 9.17) is 5.73 Å². The third kappa shape index (κ3) is 5.64. The van der Waals surface area contributed by atoms with Crippen molar-refractivity contribution in [2.45, 2.75) is 65.3 Å². The van der Waals surface area contributed by atoms with E-state index in [-0.39, 0.29) is 5.91 Å². The van der Waals surface area contributed by atoms with E-state index in [9.17, 15) is 4.79 Å². The lowest BCUT2D eigenvalue weighted by Gasteiger charge is -2.17. The van der Waals surface area contributed by atoms with Gasteiger partial charge in [-0.15, -0.1) is 0 Å². The van der Waals surface area contributed by atoms with E-state index in [1.165, 1.54) is 38.5 Å². The molecule has 1 aromatic rings. The Morgan fingerprint density at radius 1 is 1.25 bits per heavy atom. The molecule has 0 aliphatic heterocycles. The van der Waals surface area contributed by atoms with Crippen molar-refractivity contribution in [2.24, 2.45) is 5.73 Å². The summed E-state index contributed by atoms with van der Waals surface area (Å²) in [5.41, 5.74) is 8.01. The molecule has 3 heteroatoms. The van der Waals surface area contributed by atoms with Crippen LogP contribution in [0.15, 0.2) is 18.2 Å². The predicted octanol–water partition coefficient (Wildman–Crippen LogP) is 4.25. The van der Waals surface area contributed by atoms with Gasteiger partial charge in [0.25, 0.3) is 0 Å². The van der Waals surface area contributed by atoms with Gasteiger partial charge < -0.3 is 11.1 Å². The maximum absolute atomic E-state index is 11.1. The van der Waals surface area contributed by atoms with Crippen molar-refractivity contribution in [1.29, 1.82) is 0 Å². The molecule has 0 saturated heterocycles. The number of rotatable bonds is 9. The van der Waals surface area contributed by atoms with Crippen LogP contribution in [0.25, 0.3) is 0 Å². The van der Waals surface area contributed by atoms with E-state index < -0.39 is 0 Å². The summed E-state index contributed by atoms with van der Waals surface area (Å²) in [6, 6.07) is 6.03. The Bertz CT molecular complexity index is 429. The molecule has 1 atom stereocenters. The molecule has 0 fully saturated rings. The van der Waals surface area contributed by atoms with Crippen LogP contribution in [0.4, 0.5) is 5.69 Å². The zero-order valence-corrected chi connectivity index (χ0v) is 13.0. The molecule has 0 saturated carbocycles. The number of hydrogen-bond donors (Lipinski definition) is 2. The Balaban J connectivity index is 2.41. The van der Waals surface area contributed by atoms with Crippen LogP contribution >= 0.6 is 0 Å². The van der Waals surface area contributed by atoms with Gasteiger partial charge in [-0.1, -0.05) is 39.0 Å². The molecule has 20 heavy (non-hydrogen) atoms. The molecule has 0 bridgehead atoms. The number of amides is 1. The largest absolute Gasteiger partial charge is 0.382 e. The monoisotopic (exact) mass is 276 g/mol. The fourth-order valence-corrected chi connectivity index (χ4v) is 2.37. The minimum Gasteiger partial charge on any atom is -0.382 e. The first-order valence-electron chi connectivity index (χ1n) is 7.71. The van der Waals surface area contributed by atoms with Crippen LogP contribution in [0.1, 0.15) is 68.3 Å². The molecule has 1 unspecified atom stereocenters. The molecule has 1 aromatic carbocycles. The summed E-state index contributed by atoms with van der Waals surface area (Å²) in [6.07, 6.45) is 7.75. The number of carbonyl (C=O) groups excluding carboxylic acids is 1. The third-order valence-corrected chi connectivity index (χ3v) is 3.65. The van der Waals surface area contributed by atoms with Crippen LogP contribution in [0.3, 0.4) is 0 Å². The minimum absolute atomic E-state index is 0.372. The second-order valence-electron chi connectivity index (χ2n) is 5.64. The first-order valence-corrected chi connectivity index (χ1v) is 7.71. The van der Waals surface area contributed by atoms with Gasteiger partial charge in [-0.3, -0.25) is 4.79 Å². The molecule has 3 N–H and O–H groups in total. The molecule has 0 aliphatic rings. The molecule has 0 radical (unpaired) electrons. The van der Waals surface area contributed by atoms with Crippen molar-refractivity contribution in [3.05, 3.63) is 29.3 Å². The summed E-state index contributed by atoms with van der Waals surface area (Å²) in [6.45, 7) is 6.45. The van der Waals surface area contributed by atoms with E-state index >= 15 is 0 Å². The van der Waals surface area contributed by atoms with Gasteiger partial charge >= 0.3 is 0 Å². The van der Waals surface area contributed by atoms with Crippen molar-refractivity contribution < 1.29 is 4.79 Å². The third-order valence-electron chi connectivity index (χ3n) is 3.65. The van der Waals surface area contributed by atoms with Gasteiger partial charge in [-0.25, -0.2) is 0 Å². The van der Waals surface area contributed by atoms with Gasteiger partial charge in [-0.2, -0.15) is 0 Å². The zero-order valence-electron chi connectivity index (χ0n) is 13.0. The topological polar surface area (TPSA) is 55.1 Å². The molecule has 0 aliphatic carbocycles. The molecule has 0 aromatic heterocycles. The van der Waals surface area contributed by atoms with Crippen LogP contribution in [0, 0.1) is 6.92 Å². The number of nitrogens with one attached hydrogen (secondary N) is 1. The Kier molecular flexibility index (Phi) is 7.13. The summed E-state index contributed by atoms with van der Waals surface area (Å²) in [5.74, 6) is -0.372. The van der Waals surface area contributed by atoms with Gasteiger partial charge in [0.1, 0.15) is 0 Å². The Morgan fingerprint density at radius 2 is 1.95 bits per heavy atom. The van der Waals surface area contributed by atoms with E-state index in [2.05, 4.69) is 19.2 Å². The quantitative estimate of drug-likeness (QED) is 0.662. The highest BCUT2D eigenvalue weighted by atomic mass is 16.1. The average molecular weight is 276 g/mol. The number of nitrogens with two attached hydrogens (primary N) is 1. The van der Waals surface area contributed by atoms with Crippen LogP contribution < -0.4 is 11.1 Å². The van der Waals surface area contributed by atoms with Gasteiger partial charge in [-0.05, 0) is 44.0 Å². The molecule has 0 heterocycles. The molecular weight excluding hydrogens is 248 g/mol. The van der Waals surface area contributed by atoms with Crippen molar-refractivity contribution in [3.8, 4) is 0 Å². The number of carbonyl (C=O) groups is 1. The summed E-state index contributed by atoms with van der Waals surface area (Å²) in [5, 5.41) is 3.52. The van der Waals surface area contributed by atoms with E-state index in [0.29, 0.717) is 11.6 Å². The molecule has 112 valence electrons. The van der Waals surface area contributed by atoms with Gasteiger partial charge in [0.2, 0.25) is 5.91 Å². The van der Waals surface area contributed by atoms with Gasteiger partial charge in [0.15, 0.2) is 0 Å². The van der Waals surface area contributed by atoms with E-state index in [0.717, 1.165) is 11.3 Å². The number of primary amides is 1. The maximum atomic E-state index is 11.1. The van der Waals surface area contributed by atoms with Crippen molar-refractivity contribution in [1.82, 2.24) is 0 Å². The number of benzene rings is 1. The first kappa shape index (κ1) is 16.5. The Labute approximate surface area is 122 Å². The standard InChI is InChI=1S/C17H28N2O/c1-4-5-6-7-8-9-14(3)19-16-11-10-15(17(18)20)12-13(16)2/h10-12,14,19H,4-9H2,1-3H3,(H2,18,20). The smallest absolute Gasteiger partial charge is 0.248 e. The van der Waals surface area contributed by atoms with Crippen molar-refractivity contribution >= 4 is 11.6 Å². The lowest BCUT2D eigenvalue weighted by atomic mass is 10.1. The van der Waals surface area contributed by atoms with Crippen LogP contribution in [0.5, 0.6) is 0 Å². The summed E-state index contributed by atoms with van der Waals surface area (Å²) < 4.78 is 0. The number of hydrogen-bond acceptors (Lipinski definition) is 2. The van der Waals surface area contributed by atoms with Gasteiger partial charge in [0, 0.05) is 17.3 Å². The number of unbranched alkanes of at least 4 members (excludes halogenated alkanes) is 4. The van der Waals surface area contributed by atoms with E-state index in [1.54, 1.807) is 6.07 Å². The predicted molar refractivity (Wildman–Crippen MR) is 86.2 cm³/mol. The average Bonchev–Trinajstić information content (AvgIpc) is 2.40. The summed E-state index contributed by atoms with van der Waals surface area (Å²) in [7, 11) is 0. The van der Waals surface area contributed by atoms with E-state index in [1.807, 2.05) is 19.1 Å². The second kappa shape index (κ2) is 8.62. The van der Waals surface area contributed by atoms with Crippen LogP contribution in [-0.4, -0.2) is 11.9 Å². The summed E-state index contributed by atoms with van der Waals surface area (Å²) in [4.78, 5) is 11.1. The van der Waals surface area contributed by atoms with Crippen molar-refractivity contribution in [3.63, 3.8) is 0 Å². The zero-order chi connectivity index (χ0) is 15.0. The SMILES string of the molecule is CCCCCCCC(C)Nc1ccc(C(N)=O)cc1C. The highest BCUT2D eigenvalue weighted by Crippen LogP contribution is 2.19. The lowest BCUT2D eigenvalue weighted by Crippen LogP contribution is -2.16. The lowest BCUT2D eigenvalue weighted by molar-refractivity contribution is 0.1000. The highest BCUT2D eigenvalue weighted by molar-refractivity contribution is 5.93. The first-order chi connectivity index (χ1) is 9.54. The second-order valence-corrected chi connectivity index (χ2v) is 5.64. The number of anilines is 1. The highest BCUT2D eigenvalue weighted by Gasteiger charge is 2.07. The fourth-order valence-electron chi connectivity index (χ4n) is 2.37. The molecule has 3 nitrogen and oxygen atoms in total. The molecule has 0 spiro atoms. The maximum Gasteiger partial charge on any atom is 0.248 e. The molecular formula is C17H28N2O. The molecule has 1 amide bonds. The normalized spacial score (nSPS) is 12.2. The van der Waals surface area contributed by atoms with Gasteiger partial charge in [0.05, 0.1) is 0 Å². The fraction of sp³-hybridized carbons (Fsp3) is 0.588. The van der Waals surface area contributed by atoms with Crippen LogP contribution in [-0.2, 0) is 0 Å². The van der Waals surface area contributed by atoms with Crippen LogP contribution in [0.2, 0.25) is 0 Å². The minimum atomic E-state index is -0.372. The summed E-state index contributed by atoms with van der Waals surface area (Å²) >= 11 is 0. The number of aryl methyl sites for hydroxylation is 1. The Hall–Kier alpha value is -1.51. The Morgan fingerprint density at radius 3 is 2.55 bits per heavy atom.